The van der Waals surface area contributed by atoms with Gasteiger partial charge in [-0.2, -0.15) is 21.8 Å². The second-order valence-electron chi connectivity index (χ2n) is 10.3. The average molecular weight is 655 g/mol. The molecule has 8 nitrogen and oxygen atoms in total. The highest BCUT2D eigenvalue weighted by atomic mass is 32.2. The van der Waals surface area contributed by atoms with Crippen LogP contribution in [0.2, 0.25) is 0 Å². The fraction of sp³-hybridized carbons (Fsp3) is 0.500. The molecule has 0 amide bonds. The van der Waals surface area contributed by atoms with Crippen LogP contribution in [0.3, 0.4) is 0 Å². The van der Waals surface area contributed by atoms with Crippen molar-refractivity contribution in [2.75, 3.05) is 42.7 Å². The van der Waals surface area contributed by atoms with Crippen LogP contribution in [0.15, 0.2) is 68.3 Å². The summed E-state index contributed by atoms with van der Waals surface area (Å²) < 4.78 is 49.3. The molecule has 0 spiro atoms. The van der Waals surface area contributed by atoms with Crippen molar-refractivity contribution in [3.63, 3.8) is 0 Å². The number of unbranched alkanes of at least 4 members (excludes halogenated alkanes) is 2. The Morgan fingerprint density at radius 3 is 1.69 bits per heavy atom. The van der Waals surface area contributed by atoms with Crippen LogP contribution in [0.25, 0.3) is 0 Å². The van der Waals surface area contributed by atoms with E-state index in [4.69, 9.17) is 14.7 Å². The first-order chi connectivity index (χ1) is 20.4. The fourth-order valence-corrected chi connectivity index (χ4v) is 11.2. The predicted octanol–water partition coefficient (Wildman–Crippen LogP) is 4.49. The monoisotopic (exact) mass is 654 g/mol. The van der Waals surface area contributed by atoms with Crippen molar-refractivity contribution in [2.24, 2.45) is 9.98 Å². The quantitative estimate of drug-likeness (QED) is 0.120. The fourth-order valence-electron chi connectivity index (χ4n) is 5.45. The third-order valence-corrected chi connectivity index (χ3v) is 13.8. The molecule has 2 heterocycles. The Labute approximate surface area is 258 Å². The van der Waals surface area contributed by atoms with Crippen LogP contribution in [0.4, 0.5) is 0 Å². The second-order valence-corrected chi connectivity index (χ2v) is 17.2. The Hall–Kier alpha value is -2.15. The lowest BCUT2D eigenvalue weighted by atomic mass is 9.91. The number of nitrogens with zero attached hydrogens (tertiary/aromatic N) is 2. The summed E-state index contributed by atoms with van der Waals surface area (Å²) in [6, 6.07) is 16.6. The van der Waals surface area contributed by atoms with Crippen LogP contribution in [0.1, 0.15) is 62.5 Å². The third kappa shape index (κ3) is 9.17. The Morgan fingerprint density at radius 1 is 0.786 bits per heavy atom. The standard InChI is InChI=1S/C30H42N2O6S4/c1-2-38-30(33)29(23-9-7-11-25(21-23)39-19-15-31-27(39)13-3-5-17-41(34)35)24-10-8-12-26(22-24)40-20-16-32-28(40)14-4-6-18-42(36)37/h7-12,21-22,29,39-42H,2-6,13-20H2,1H3. The first-order valence-electron chi connectivity index (χ1n) is 14.6. The van der Waals surface area contributed by atoms with Crippen molar-refractivity contribution >= 4 is 59.3 Å². The highest BCUT2D eigenvalue weighted by molar-refractivity contribution is 8.30. The minimum absolute atomic E-state index is 0.218. The summed E-state index contributed by atoms with van der Waals surface area (Å²) in [6.07, 6.45) is 4.55. The summed E-state index contributed by atoms with van der Waals surface area (Å²) in [4.78, 5) is 25.4. The molecule has 2 unspecified atom stereocenters. The highest BCUT2D eigenvalue weighted by Crippen LogP contribution is 2.46. The van der Waals surface area contributed by atoms with Crippen LogP contribution < -0.4 is 0 Å². The first-order valence-corrected chi connectivity index (χ1v) is 20.4. The number of ether oxygens (including phenoxy) is 1. The SMILES string of the molecule is CCOC(=O)C(c1cccc([SH]2CCN=C2CCCC[SH](=O)=O)c1)c1cccc([SH]2CCN=C2CCCC[SH](=O)=O)c1. The summed E-state index contributed by atoms with van der Waals surface area (Å²) in [5.41, 5.74) is 1.81. The van der Waals surface area contributed by atoms with Crippen molar-refractivity contribution in [3.05, 3.63) is 59.7 Å². The zero-order valence-corrected chi connectivity index (χ0v) is 27.6. The topological polar surface area (TPSA) is 119 Å². The third-order valence-electron chi connectivity index (χ3n) is 7.39. The smallest absolute Gasteiger partial charge is 0.317 e. The number of thiol groups is 4. The predicted molar refractivity (Wildman–Crippen MR) is 178 cm³/mol. The maximum atomic E-state index is 13.4. The van der Waals surface area contributed by atoms with Gasteiger partial charge in [0.25, 0.3) is 0 Å². The van der Waals surface area contributed by atoms with E-state index in [-0.39, 0.29) is 17.5 Å². The van der Waals surface area contributed by atoms with E-state index in [1.54, 1.807) is 0 Å². The van der Waals surface area contributed by atoms with Crippen molar-refractivity contribution in [1.29, 1.82) is 0 Å². The summed E-state index contributed by atoms with van der Waals surface area (Å²) in [7, 11) is -5.90. The van der Waals surface area contributed by atoms with Crippen LogP contribution in [0.5, 0.6) is 0 Å². The number of aliphatic imine (C=N–C) groups is 2. The lowest BCUT2D eigenvalue weighted by Gasteiger charge is -2.23. The molecule has 0 fully saturated rings. The molecular formula is C30H42N2O6S4. The number of carbonyl (C=O) groups excluding carboxylic acids is 1. The van der Waals surface area contributed by atoms with Gasteiger partial charge in [0, 0.05) is 36.1 Å². The number of rotatable bonds is 16. The van der Waals surface area contributed by atoms with E-state index in [1.165, 1.54) is 19.9 Å². The molecule has 232 valence electrons. The van der Waals surface area contributed by atoms with Crippen molar-refractivity contribution in [3.8, 4) is 0 Å². The first kappa shape index (κ1) is 32.8. The van der Waals surface area contributed by atoms with E-state index >= 15 is 0 Å². The molecule has 0 saturated carbocycles. The lowest BCUT2D eigenvalue weighted by Crippen LogP contribution is -2.18. The maximum absolute atomic E-state index is 13.4. The molecule has 0 bridgehead atoms. The van der Waals surface area contributed by atoms with Gasteiger partial charge in [0.05, 0.1) is 16.7 Å². The minimum atomic E-state index is -2.34. The van der Waals surface area contributed by atoms with E-state index in [0.717, 1.165) is 61.4 Å². The summed E-state index contributed by atoms with van der Waals surface area (Å²) in [6.45, 7) is 3.69. The zero-order chi connectivity index (χ0) is 29.9. The Bertz CT molecular complexity index is 1340. The molecule has 0 radical (unpaired) electrons. The van der Waals surface area contributed by atoms with Crippen molar-refractivity contribution < 1.29 is 26.4 Å². The van der Waals surface area contributed by atoms with Gasteiger partial charge in [-0.1, -0.05) is 24.3 Å². The Morgan fingerprint density at radius 2 is 1.26 bits per heavy atom. The number of benzene rings is 2. The van der Waals surface area contributed by atoms with Gasteiger partial charge in [-0.3, -0.25) is 14.8 Å². The van der Waals surface area contributed by atoms with E-state index < -0.39 is 49.1 Å². The van der Waals surface area contributed by atoms with E-state index in [1.807, 2.05) is 31.2 Å². The normalized spacial score (nSPS) is 20.9. The van der Waals surface area contributed by atoms with Gasteiger partial charge in [-0.05, 0) is 90.6 Å². The zero-order valence-electron chi connectivity index (χ0n) is 24.0. The molecule has 12 heteroatoms. The van der Waals surface area contributed by atoms with Crippen molar-refractivity contribution in [2.45, 2.75) is 61.2 Å². The molecule has 2 aromatic carbocycles. The molecule has 0 saturated heterocycles. The molecule has 2 aromatic rings. The van der Waals surface area contributed by atoms with Gasteiger partial charge in [0.15, 0.2) is 0 Å². The van der Waals surface area contributed by atoms with E-state index in [9.17, 15) is 21.6 Å². The average Bonchev–Trinajstić information content (AvgIpc) is 3.64. The van der Waals surface area contributed by atoms with Gasteiger partial charge in [0.1, 0.15) is 27.3 Å². The summed E-state index contributed by atoms with van der Waals surface area (Å²) >= 11 is 0. The van der Waals surface area contributed by atoms with Crippen LogP contribution >= 0.6 is 21.8 Å². The van der Waals surface area contributed by atoms with Gasteiger partial charge in [0.2, 0.25) is 0 Å². The van der Waals surface area contributed by atoms with Gasteiger partial charge in [-0.25, -0.2) is 16.8 Å². The molecule has 2 aliphatic heterocycles. The molecule has 0 aromatic heterocycles. The highest BCUT2D eigenvalue weighted by Gasteiger charge is 2.28. The van der Waals surface area contributed by atoms with Crippen LogP contribution in [-0.2, 0) is 30.9 Å². The number of hydrogen-bond acceptors (Lipinski definition) is 8. The molecule has 0 N–H and O–H groups in total. The molecule has 2 atom stereocenters. The Balaban J connectivity index is 1.55. The Kier molecular flexibility index (Phi) is 13.0. The van der Waals surface area contributed by atoms with Gasteiger partial charge in [-0.15, -0.1) is 0 Å². The second kappa shape index (κ2) is 16.6. The minimum Gasteiger partial charge on any atom is -0.465 e. The van der Waals surface area contributed by atoms with Crippen LogP contribution in [-0.4, -0.2) is 75.6 Å². The number of esters is 1. The molecule has 4 rings (SSSR count). The largest absolute Gasteiger partial charge is 0.465 e. The number of hydrogen-bond donors (Lipinski definition) is 4. The van der Waals surface area contributed by atoms with E-state index in [2.05, 4.69) is 24.3 Å². The van der Waals surface area contributed by atoms with Crippen LogP contribution in [0, 0.1) is 0 Å². The van der Waals surface area contributed by atoms with Gasteiger partial charge < -0.3 is 4.74 Å². The molecular weight excluding hydrogens is 613 g/mol. The molecule has 0 aliphatic carbocycles. The lowest BCUT2D eigenvalue weighted by molar-refractivity contribution is -0.143. The van der Waals surface area contributed by atoms with Crippen molar-refractivity contribution in [1.82, 2.24) is 0 Å². The molecule has 2 aliphatic rings. The molecule has 42 heavy (non-hydrogen) atoms. The summed E-state index contributed by atoms with van der Waals surface area (Å²) in [5, 5.41) is 2.35. The summed E-state index contributed by atoms with van der Waals surface area (Å²) in [5.74, 6) is 1.56. The van der Waals surface area contributed by atoms with Gasteiger partial charge >= 0.3 is 5.97 Å². The number of carbonyl (C=O) groups is 1. The maximum Gasteiger partial charge on any atom is 0.317 e. The van der Waals surface area contributed by atoms with E-state index in [0.29, 0.717) is 19.4 Å².